The molecule has 9 aromatic rings. The van der Waals surface area contributed by atoms with Gasteiger partial charge in [0.25, 0.3) is 0 Å². The lowest BCUT2D eigenvalue weighted by atomic mass is 9.96. The summed E-state index contributed by atoms with van der Waals surface area (Å²) >= 11 is 0. The molecule has 9 rings (SSSR count). The highest BCUT2D eigenvalue weighted by Gasteiger charge is 2.16. The molecule has 0 saturated heterocycles. The van der Waals surface area contributed by atoms with Gasteiger partial charge >= 0.3 is 0 Å². The minimum Gasteiger partial charge on any atom is -0.456 e. The van der Waals surface area contributed by atoms with Crippen molar-refractivity contribution in [2.75, 3.05) is 4.90 Å². The van der Waals surface area contributed by atoms with Crippen LogP contribution >= 0.6 is 0 Å². The van der Waals surface area contributed by atoms with E-state index in [9.17, 15) is 0 Å². The molecular formula is C44H29NO. The molecule has 0 N–H and O–H groups in total. The number of para-hydroxylation sites is 2. The quantitative estimate of drug-likeness (QED) is 0.199. The standard InChI is InChI=1S/C44H29NO/c1-2-12-38(13-3-1)45(40-23-24-44-42(29-40)41-15-6-7-16-43(41)46-44)39-14-8-11-32(28-39)33-19-20-37-27-36(22-21-35(37)26-33)34-18-17-30-9-4-5-10-31(30)25-34/h1-29H. The zero-order chi connectivity index (χ0) is 30.5. The first kappa shape index (κ1) is 26.3. The molecule has 0 atom stereocenters. The summed E-state index contributed by atoms with van der Waals surface area (Å²) in [5, 5.41) is 7.23. The summed E-state index contributed by atoms with van der Waals surface area (Å²) in [6.45, 7) is 0. The van der Waals surface area contributed by atoms with Gasteiger partial charge < -0.3 is 9.32 Å². The lowest BCUT2D eigenvalue weighted by molar-refractivity contribution is 0.669. The Morgan fingerprint density at radius 2 is 0.848 bits per heavy atom. The van der Waals surface area contributed by atoms with Crippen LogP contribution in [0.5, 0.6) is 0 Å². The molecule has 0 fully saturated rings. The zero-order valence-electron chi connectivity index (χ0n) is 25.1. The van der Waals surface area contributed by atoms with E-state index in [0.29, 0.717) is 0 Å². The van der Waals surface area contributed by atoms with Crippen molar-refractivity contribution >= 4 is 60.5 Å². The van der Waals surface area contributed by atoms with Gasteiger partial charge in [-0.2, -0.15) is 0 Å². The lowest BCUT2D eigenvalue weighted by Crippen LogP contribution is -2.09. The van der Waals surface area contributed by atoms with E-state index in [1.807, 2.05) is 12.1 Å². The molecule has 216 valence electrons. The molecule has 1 heterocycles. The number of nitrogens with zero attached hydrogens (tertiary/aromatic N) is 1. The number of anilines is 3. The number of furan rings is 1. The van der Waals surface area contributed by atoms with Crippen LogP contribution < -0.4 is 4.90 Å². The van der Waals surface area contributed by atoms with Gasteiger partial charge in [0.05, 0.1) is 0 Å². The Morgan fingerprint density at radius 3 is 1.61 bits per heavy atom. The monoisotopic (exact) mass is 587 g/mol. The predicted molar refractivity (Wildman–Crippen MR) is 194 cm³/mol. The molecule has 0 amide bonds. The van der Waals surface area contributed by atoms with E-state index in [-0.39, 0.29) is 0 Å². The molecule has 2 heteroatoms. The fraction of sp³-hybridized carbons (Fsp3) is 0. The van der Waals surface area contributed by atoms with Gasteiger partial charge in [-0.3, -0.25) is 0 Å². The third kappa shape index (κ3) is 4.60. The van der Waals surface area contributed by atoms with Gasteiger partial charge in [0.2, 0.25) is 0 Å². The first-order chi connectivity index (χ1) is 22.8. The van der Waals surface area contributed by atoms with Gasteiger partial charge in [-0.15, -0.1) is 0 Å². The molecule has 0 aliphatic heterocycles. The molecule has 2 nitrogen and oxygen atoms in total. The van der Waals surface area contributed by atoms with E-state index >= 15 is 0 Å². The normalized spacial score (nSPS) is 11.5. The average Bonchev–Trinajstić information content (AvgIpc) is 3.50. The number of fused-ring (bicyclic) bond motifs is 5. The van der Waals surface area contributed by atoms with E-state index in [4.69, 9.17) is 4.42 Å². The topological polar surface area (TPSA) is 16.4 Å². The Morgan fingerprint density at radius 1 is 0.304 bits per heavy atom. The first-order valence-corrected chi connectivity index (χ1v) is 15.7. The van der Waals surface area contributed by atoms with Crippen molar-refractivity contribution < 1.29 is 4.42 Å². The van der Waals surface area contributed by atoms with Crippen LogP contribution in [0.3, 0.4) is 0 Å². The van der Waals surface area contributed by atoms with Crippen molar-refractivity contribution in [3.05, 3.63) is 176 Å². The third-order valence-electron chi connectivity index (χ3n) is 8.99. The summed E-state index contributed by atoms with van der Waals surface area (Å²) in [6.07, 6.45) is 0. The Hall–Kier alpha value is -6.12. The summed E-state index contributed by atoms with van der Waals surface area (Å²) in [6, 6.07) is 62.9. The van der Waals surface area contributed by atoms with E-state index in [1.54, 1.807) is 0 Å². The maximum atomic E-state index is 6.14. The highest BCUT2D eigenvalue weighted by atomic mass is 16.3. The molecule has 0 spiro atoms. The summed E-state index contributed by atoms with van der Waals surface area (Å²) in [7, 11) is 0. The summed E-state index contributed by atoms with van der Waals surface area (Å²) < 4.78 is 6.14. The van der Waals surface area contributed by atoms with Crippen molar-refractivity contribution in [3.8, 4) is 22.3 Å². The smallest absolute Gasteiger partial charge is 0.135 e. The minimum absolute atomic E-state index is 0.895. The van der Waals surface area contributed by atoms with Gasteiger partial charge in [-0.25, -0.2) is 0 Å². The van der Waals surface area contributed by atoms with Crippen molar-refractivity contribution in [1.82, 2.24) is 0 Å². The maximum Gasteiger partial charge on any atom is 0.135 e. The third-order valence-corrected chi connectivity index (χ3v) is 8.99. The Labute approximate surface area is 267 Å². The minimum atomic E-state index is 0.895. The zero-order valence-corrected chi connectivity index (χ0v) is 25.1. The van der Waals surface area contributed by atoms with Crippen LogP contribution in [0.2, 0.25) is 0 Å². The molecule has 0 unspecified atom stereocenters. The van der Waals surface area contributed by atoms with E-state index in [0.717, 1.165) is 39.0 Å². The molecule has 8 aromatic carbocycles. The molecule has 1 aromatic heterocycles. The van der Waals surface area contributed by atoms with Crippen molar-refractivity contribution in [1.29, 1.82) is 0 Å². The van der Waals surface area contributed by atoms with Crippen LogP contribution in [0, 0.1) is 0 Å². The van der Waals surface area contributed by atoms with E-state index < -0.39 is 0 Å². The lowest BCUT2D eigenvalue weighted by Gasteiger charge is -2.26. The maximum absolute atomic E-state index is 6.14. The number of hydrogen-bond donors (Lipinski definition) is 0. The average molecular weight is 588 g/mol. The van der Waals surface area contributed by atoms with Gasteiger partial charge in [0, 0.05) is 27.8 Å². The van der Waals surface area contributed by atoms with Gasteiger partial charge in [-0.1, -0.05) is 109 Å². The van der Waals surface area contributed by atoms with Crippen LogP contribution in [-0.4, -0.2) is 0 Å². The van der Waals surface area contributed by atoms with Crippen LogP contribution in [-0.2, 0) is 0 Å². The number of benzene rings is 8. The number of hydrogen-bond acceptors (Lipinski definition) is 2. The van der Waals surface area contributed by atoms with Gasteiger partial charge in [0.1, 0.15) is 11.2 Å². The number of rotatable bonds is 5. The fourth-order valence-electron chi connectivity index (χ4n) is 6.68. The Kier molecular flexibility index (Phi) is 6.17. The van der Waals surface area contributed by atoms with E-state index in [2.05, 4.69) is 169 Å². The van der Waals surface area contributed by atoms with Gasteiger partial charge in [-0.05, 0) is 111 Å². The molecule has 0 bridgehead atoms. The second-order valence-corrected chi connectivity index (χ2v) is 11.8. The highest BCUT2D eigenvalue weighted by molar-refractivity contribution is 6.06. The first-order valence-electron chi connectivity index (χ1n) is 15.7. The van der Waals surface area contributed by atoms with Crippen molar-refractivity contribution in [3.63, 3.8) is 0 Å². The van der Waals surface area contributed by atoms with Crippen molar-refractivity contribution in [2.24, 2.45) is 0 Å². The van der Waals surface area contributed by atoms with Crippen LogP contribution in [0.4, 0.5) is 17.1 Å². The van der Waals surface area contributed by atoms with Crippen LogP contribution in [0.15, 0.2) is 180 Å². The van der Waals surface area contributed by atoms with E-state index in [1.165, 1.54) is 43.8 Å². The second kappa shape index (κ2) is 10.8. The predicted octanol–water partition coefficient (Wildman–Crippen LogP) is 12.7. The highest BCUT2D eigenvalue weighted by Crippen LogP contribution is 2.40. The summed E-state index contributed by atoms with van der Waals surface area (Å²) in [4.78, 5) is 2.32. The molecule has 0 radical (unpaired) electrons. The SMILES string of the molecule is c1ccc(N(c2cccc(-c3ccc4cc(-c5ccc6ccccc6c5)ccc4c3)c2)c2ccc3oc4ccccc4c3c2)cc1. The summed E-state index contributed by atoms with van der Waals surface area (Å²) in [5.74, 6) is 0. The fourth-order valence-corrected chi connectivity index (χ4v) is 6.68. The second-order valence-electron chi connectivity index (χ2n) is 11.8. The molecule has 46 heavy (non-hydrogen) atoms. The molecule has 0 aliphatic rings. The summed E-state index contributed by atoms with van der Waals surface area (Å²) in [5.41, 5.74) is 9.92. The Bertz CT molecular complexity index is 2540. The van der Waals surface area contributed by atoms with Crippen LogP contribution in [0.1, 0.15) is 0 Å². The molecule has 0 aliphatic carbocycles. The van der Waals surface area contributed by atoms with Gasteiger partial charge in [0.15, 0.2) is 0 Å². The van der Waals surface area contributed by atoms with Crippen LogP contribution in [0.25, 0.3) is 65.7 Å². The Balaban J connectivity index is 1.11. The largest absolute Gasteiger partial charge is 0.456 e. The molecule has 0 saturated carbocycles. The molecular weight excluding hydrogens is 558 g/mol. The van der Waals surface area contributed by atoms with Crippen molar-refractivity contribution in [2.45, 2.75) is 0 Å².